The van der Waals surface area contributed by atoms with E-state index in [2.05, 4.69) is 11.5 Å². The molecule has 1 aromatic heterocycles. The number of imidazole rings is 1. The number of carbonyl (C=O) groups is 1. The lowest BCUT2D eigenvalue weighted by molar-refractivity contribution is 0.0737. The zero-order chi connectivity index (χ0) is 19.7. The van der Waals surface area contributed by atoms with Crippen molar-refractivity contribution >= 4 is 40.1 Å². The molecule has 0 aliphatic heterocycles. The first-order valence-electron chi connectivity index (χ1n) is 9.75. The van der Waals surface area contributed by atoms with Gasteiger partial charge in [-0.25, -0.2) is 4.98 Å². The van der Waals surface area contributed by atoms with Gasteiger partial charge in [-0.3, -0.25) is 4.79 Å². The van der Waals surface area contributed by atoms with Crippen molar-refractivity contribution in [2.45, 2.75) is 39.3 Å². The SMILES string of the molecule is CCCN(Cc1nc2ccc(Cl)cc2n1CC1CC1)C(=O)c1ccccc1Cl. The maximum absolute atomic E-state index is 13.2. The van der Waals surface area contributed by atoms with Crippen LogP contribution in [-0.2, 0) is 13.1 Å². The Labute approximate surface area is 175 Å². The number of hydrogen-bond acceptors (Lipinski definition) is 2. The second kappa shape index (κ2) is 8.14. The van der Waals surface area contributed by atoms with Crippen LogP contribution < -0.4 is 0 Å². The molecule has 4 nitrogen and oxygen atoms in total. The van der Waals surface area contributed by atoms with E-state index < -0.39 is 0 Å². The fraction of sp³-hybridized carbons (Fsp3) is 0.364. The van der Waals surface area contributed by atoms with Gasteiger partial charge in [0.05, 0.1) is 28.2 Å². The monoisotopic (exact) mass is 415 g/mol. The highest BCUT2D eigenvalue weighted by Crippen LogP contribution is 2.33. The normalized spacial score (nSPS) is 13.8. The fourth-order valence-corrected chi connectivity index (χ4v) is 3.91. The first-order valence-corrected chi connectivity index (χ1v) is 10.5. The minimum absolute atomic E-state index is 0.0597. The average Bonchev–Trinajstić information content (AvgIpc) is 3.44. The molecule has 1 aliphatic carbocycles. The summed E-state index contributed by atoms with van der Waals surface area (Å²) in [6, 6.07) is 13.0. The van der Waals surface area contributed by atoms with Gasteiger partial charge in [-0.1, -0.05) is 42.3 Å². The van der Waals surface area contributed by atoms with Gasteiger partial charge in [-0.15, -0.1) is 0 Å². The Morgan fingerprint density at radius 2 is 2.00 bits per heavy atom. The van der Waals surface area contributed by atoms with Gasteiger partial charge in [0, 0.05) is 18.1 Å². The molecule has 1 heterocycles. The maximum Gasteiger partial charge on any atom is 0.255 e. The van der Waals surface area contributed by atoms with Crippen LogP contribution in [0.2, 0.25) is 10.0 Å². The van der Waals surface area contributed by atoms with Crippen LogP contribution in [0.4, 0.5) is 0 Å². The van der Waals surface area contributed by atoms with E-state index in [1.165, 1.54) is 12.8 Å². The van der Waals surface area contributed by atoms with E-state index >= 15 is 0 Å². The third kappa shape index (κ3) is 4.03. The molecular formula is C22H23Cl2N3O. The third-order valence-electron chi connectivity index (χ3n) is 5.14. The first-order chi connectivity index (χ1) is 13.6. The summed E-state index contributed by atoms with van der Waals surface area (Å²) in [7, 11) is 0. The van der Waals surface area contributed by atoms with E-state index in [1.54, 1.807) is 12.1 Å². The molecular weight excluding hydrogens is 393 g/mol. The Hall–Kier alpha value is -2.04. The van der Waals surface area contributed by atoms with Crippen molar-refractivity contribution in [1.29, 1.82) is 0 Å². The van der Waals surface area contributed by atoms with Crippen LogP contribution in [0.5, 0.6) is 0 Å². The van der Waals surface area contributed by atoms with Crippen LogP contribution in [0.15, 0.2) is 42.5 Å². The van der Waals surface area contributed by atoms with Crippen molar-refractivity contribution in [3.63, 3.8) is 0 Å². The predicted octanol–water partition coefficient (Wildman–Crippen LogP) is 5.81. The van der Waals surface area contributed by atoms with Crippen LogP contribution in [0.25, 0.3) is 11.0 Å². The molecule has 0 N–H and O–H groups in total. The van der Waals surface area contributed by atoms with E-state index in [0.29, 0.717) is 34.6 Å². The number of benzene rings is 2. The lowest BCUT2D eigenvalue weighted by Crippen LogP contribution is -2.32. The van der Waals surface area contributed by atoms with Crippen LogP contribution in [0, 0.1) is 5.92 Å². The lowest BCUT2D eigenvalue weighted by atomic mass is 10.2. The quantitative estimate of drug-likeness (QED) is 0.488. The van der Waals surface area contributed by atoms with Gasteiger partial charge in [-0.2, -0.15) is 0 Å². The second-order valence-corrected chi connectivity index (χ2v) is 8.27. The highest BCUT2D eigenvalue weighted by Gasteiger charge is 2.26. The summed E-state index contributed by atoms with van der Waals surface area (Å²) < 4.78 is 2.24. The number of nitrogens with zero attached hydrogens (tertiary/aromatic N) is 3. The highest BCUT2D eigenvalue weighted by molar-refractivity contribution is 6.33. The molecule has 2 aromatic carbocycles. The van der Waals surface area contributed by atoms with E-state index in [4.69, 9.17) is 28.2 Å². The molecule has 1 aliphatic rings. The number of aromatic nitrogens is 2. The zero-order valence-electron chi connectivity index (χ0n) is 15.9. The van der Waals surface area contributed by atoms with Crippen LogP contribution in [0.1, 0.15) is 42.4 Å². The number of rotatable bonds is 7. The molecule has 0 radical (unpaired) electrons. The van der Waals surface area contributed by atoms with Crippen molar-refractivity contribution in [2.75, 3.05) is 6.54 Å². The first kappa shape index (κ1) is 19.3. The molecule has 1 amide bonds. The molecule has 0 atom stereocenters. The Balaban J connectivity index is 1.69. The van der Waals surface area contributed by atoms with Gasteiger partial charge in [0.25, 0.3) is 5.91 Å². The number of fused-ring (bicyclic) bond motifs is 1. The molecule has 4 rings (SSSR count). The summed E-state index contributed by atoms with van der Waals surface area (Å²) in [5.74, 6) is 1.53. The summed E-state index contributed by atoms with van der Waals surface area (Å²) in [5, 5.41) is 1.18. The van der Waals surface area contributed by atoms with Gasteiger partial charge in [0.15, 0.2) is 0 Å². The van der Waals surface area contributed by atoms with Crippen molar-refractivity contribution in [3.8, 4) is 0 Å². The average molecular weight is 416 g/mol. The van der Waals surface area contributed by atoms with Crippen LogP contribution in [0.3, 0.4) is 0 Å². The Kier molecular flexibility index (Phi) is 5.61. The van der Waals surface area contributed by atoms with E-state index in [-0.39, 0.29) is 5.91 Å². The molecule has 6 heteroatoms. The summed E-state index contributed by atoms with van der Waals surface area (Å²) >= 11 is 12.5. The van der Waals surface area contributed by atoms with E-state index in [9.17, 15) is 4.79 Å². The molecule has 1 saturated carbocycles. The van der Waals surface area contributed by atoms with E-state index in [1.807, 2.05) is 35.2 Å². The molecule has 0 bridgehead atoms. The largest absolute Gasteiger partial charge is 0.331 e. The van der Waals surface area contributed by atoms with Gasteiger partial charge in [-0.05, 0) is 55.5 Å². The molecule has 0 spiro atoms. The fourth-order valence-electron chi connectivity index (χ4n) is 3.53. The Bertz CT molecular complexity index is 1010. The molecule has 0 unspecified atom stereocenters. The molecule has 28 heavy (non-hydrogen) atoms. The summed E-state index contributed by atoms with van der Waals surface area (Å²) in [4.78, 5) is 19.8. The maximum atomic E-state index is 13.2. The van der Waals surface area contributed by atoms with E-state index in [0.717, 1.165) is 29.8 Å². The Morgan fingerprint density at radius 3 is 2.71 bits per heavy atom. The van der Waals surface area contributed by atoms with Crippen LogP contribution in [-0.4, -0.2) is 26.9 Å². The molecule has 0 saturated heterocycles. The topological polar surface area (TPSA) is 38.1 Å². The van der Waals surface area contributed by atoms with Crippen molar-refractivity contribution in [1.82, 2.24) is 14.5 Å². The second-order valence-electron chi connectivity index (χ2n) is 7.42. The summed E-state index contributed by atoms with van der Waals surface area (Å²) in [6.07, 6.45) is 3.36. The molecule has 146 valence electrons. The lowest BCUT2D eigenvalue weighted by Gasteiger charge is -2.23. The number of halogens is 2. The summed E-state index contributed by atoms with van der Waals surface area (Å²) in [5.41, 5.74) is 2.49. The van der Waals surface area contributed by atoms with Gasteiger partial charge in [0.2, 0.25) is 0 Å². The highest BCUT2D eigenvalue weighted by atomic mass is 35.5. The van der Waals surface area contributed by atoms with Crippen molar-refractivity contribution < 1.29 is 4.79 Å². The standard InChI is InChI=1S/C22H23Cl2N3O/c1-2-11-26(22(28)17-5-3-4-6-18(17)24)14-21-25-19-10-9-16(23)12-20(19)27(21)13-15-7-8-15/h3-6,9-10,12,15H,2,7-8,11,13-14H2,1H3. The number of carbonyl (C=O) groups excluding carboxylic acids is 1. The van der Waals surface area contributed by atoms with Crippen LogP contribution >= 0.6 is 23.2 Å². The molecule has 1 fully saturated rings. The molecule has 3 aromatic rings. The minimum atomic E-state index is -0.0597. The summed E-state index contributed by atoms with van der Waals surface area (Å²) in [6.45, 7) is 4.10. The predicted molar refractivity (Wildman–Crippen MR) is 114 cm³/mol. The van der Waals surface area contributed by atoms with Gasteiger partial charge >= 0.3 is 0 Å². The Morgan fingerprint density at radius 1 is 1.21 bits per heavy atom. The van der Waals surface area contributed by atoms with Gasteiger partial charge < -0.3 is 9.47 Å². The smallest absolute Gasteiger partial charge is 0.255 e. The minimum Gasteiger partial charge on any atom is -0.331 e. The number of hydrogen-bond donors (Lipinski definition) is 0. The third-order valence-corrected chi connectivity index (χ3v) is 5.71. The van der Waals surface area contributed by atoms with Crippen molar-refractivity contribution in [3.05, 3.63) is 63.9 Å². The zero-order valence-corrected chi connectivity index (χ0v) is 17.4. The number of amides is 1. The van der Waals surface area contributed by atoms with Crippen molar-refractivity contribution in [2.24, 2.45) is 5.92 Å². The van der Waals surface area contributed by atoms with Gasteiger partial charge in [0.1, 0.15) is 5.82 Å².